The molecule has 1 fully saturated rings. The number of carbonyl (C=O) groups excluding carboxylic acids is 1. The molecule has 1 N–H and O–H groups in total. The number of aromatic nitrogens is 1. The quantitative estimate of drug-likeness (QED) is 0.900. The fraction of sp³-hybridized carbons (Fsp3) is 0.381. The molecule has 1 saturated heterocycles. The van der Waals surface area contributed by atoms with Crippen LogP contribution in [0.5, 0.6) is 0 Å². The van der Waals surface area contributed by atoms with Crippen molar-refractivity contribution in [1.82, 2.24) is 9.88 Å². The summed E-state index contributed by atoms with van der Waals surface area (Å²) < 4.78 is 0. The number of likely N-dealkylation sites (tertiary alicyclic amines) is 1. The second-order valence-electron chi connectivity index (χ2n) is 7.76. The molecule has 5 nitrogen and oxygen atoms in total. The summed E-state index contributed by atoms with van der Waals surface area (Å²) in [4.78, 5) is 30.2. The minimum atomic E-state index is -0.944. The van der Waals surface area contributed by atoms with Gasteiger partial charge in [-0.25, -0.2) is 4.79 Å². The Balaban J connectivity index is 1.89. The Labute approximate surface area is 153 Å². The maximum Gasteiger partial charge on any atom is 0.335 e. The number of carbonyl (C=O) groups is 2. The van der Waals surface area contributed by atoms with Crippen molar-refractivity contribution in [2.24, 2.45) is 5.41 Å². The van der Waals surface area contributed by atoms with Gasteiger partial charge < -0.3 is 10.0 Å². The van der Waals surface area contributed by atoms with Crippen LogP contribution in [0.4, 0.5) is 0 Å². The number of benzene rings is 1. The van der Waals surface area contributed by atoms with Crippen molar-refractivity contribution >= 4 is 11.9 Å². The van der Waals surface area contributed by atoms with Gasteiger partial charge >= 0.3 is 5.97 Å². The summed E-state index contributed by atoms with van der Waals surface area (Å²) in [5.74, 6) is -0.773. The summed E-state index contributed by atoms with van der Waals surface area (Å²) in [5, 5.41) is 9.03. The number of carboxylic acids is 1. The molecule has 1 aliphatic heterocycles. The molecule has 1 aromatic heterocycles. The first-order valence-corrected chi connectivity index (χ1v) is 8.88. The Bertz CT molecular complexity index is 822. The van der Waals surface area contributed by atoms with E-state index in [4.69, 9.17) is 5.11 Å². The van der Waals surface area contributed by atoms with E-state index in [9.17, 15) is 9.59 Å². The lowest BCUT2D eigenvalue weighted by Crippen LogP contribution is -2.39. The molecule has 0 saturated carbocycles. The summed E-state index contributed by atoms with van der Waals surface area (Å²) >= 11 is 0. The molecule has 1 aliphatic rings. The molecule has 1 atom stereocenters. The van der Waals surface area contributed by atoms with E-state index < -0.39 is 11.4 Å². The average Bonchev–Trinajstić information content (AvgIpc) is 3.10. The fourth-order valence-electron chi connectivity index (χ4n) is 3.38. The fourth-order valence-corrected chi connectivity index (χ4v) is 3.38. The van der Waals surface area contributed by atoms with Crippen LogP contribution in [0.2, 0.25) is 0 Å². The van der Waals surface area contributed by atoms with Gasteiger partial charge in [0.2, 0.25) is 5.91 Å². The predicted molar refractivity (Wildman–Crippen MR) is 99.8 cm³/mol. The van der Waals surface area contributed by atoms with E-state index in [0.717, 1.165) is 36.2 Å². The zero-order valence-electron chi connectivity index (χ0n) is 15.4. The largest absolute Gasteiger partial charge is 0.478 e. The lowest BCUT2D eigenvalue weighted by Gasteiger charge is -2.31. The van der Waals surface area contributed by atoms with Crippen LogP contribution in [0.25, 0.3) is 11.3 Å². The minimum absolute atomic E-state index is 0.0711. The maximum absolute atomic E-state index is 12.8. The highest BCUT2D eigenvalue weighted by Crippen LogP contribution is 2.36. The molecule has 3 rings (SSSR count). The highest BCUT2D eigenvalue weighted by atomic mass is 16.4. The minimum Gasteiger partial charge on any atom is -0.478 e. The first-order chi connectivity index (χ1) is 12.3. The number of amides is 1. The van der Waals surface area contributed by atoms with Gasteiger partial charge in [0.25, 0.3) is 0 Å². The topological polar surface area (TPSA) is 70.5 Å². The van der Waals surface area contributed by atoms with Crippen molar-refractivity contribution in [2.75, 3.05) is 6.54 Å². The third-order valence-corrected chi connectivity index (χ3v) is 4.75. The Morgan fingerprint density at radius 1 is 1.15 bits per heavy atom. The van der Waals surface area contributed by atoms with Gasteiger partial charge in [0, 0.05) is 23.7 Å². The number of hydrogen-bond donors (Lipinski definition) is 1. The SMILES string of the molecule is CC(C)(C)C(=O)N1CCCC1c1ccnc(-c2ccc(C(=O)O)cc2)c1. The first kappa shape index (κ1) is 18.1. The molecule has 1 amide bonds. The van der Waals surface area contributed by atoms with E-state index >= 15 is 0 Å². The van der Waals surface area contributed by atoms with Gasteiger partial charge in [-0.05, 0) is 42.7 Å². The molecule has 1 aromatic carbocycles. The monoisotopic (exact) mass is 352 g/mol. The smallest absolute Gasteiger partial charge is 0.335 e. The standard InChI is InChI=1S/C21H24N2O3/c1-21(2,3)20(26)23-12-4-5-18(23)16-10-11-22-17(13-16)14-6-8-15(9-7-14)19(24)25/h6-11,13,18H,4-5,12H2,1-3H3,(H,24,25). The van der Waals surface area contributed by atoms with Gasteiger partial charge in [-0.15, -0.1) is 0 Å². The Morgan fingerprint density at radius 2 is 1.85 bits per heavy atom. The summed E-state index contributed by atoms with van der Waals surface area (Å²) in [6.45, 7) is 6.64. The highest BCUT2D eigenvalue weighted by Gasteiger charge is 2.35. The van der Waals surface area contributed by atoms with Crippen LogP contribution in [-0.2, 0) is 4.79 Å². The number of rotatable bonds is 3. The Morgan fingerprint density at radius 3 is 2.46 bits per heavy atom. The molecule has 0 radical (unpaired) electrons. The summed E-state index contributed by atoms with van der Waals surface area (Å²) in [6.07, 6.45) is 3.70. The lowest BCUT2D eigenvalue weighted by atomic mass is 9.93. The van der Waals surface area contributed by atoms with Gasteiger partial charge in [0.15, 0.2) is 0 Å². The molecule has 0 spiro atoms. The average molecular weight is 352 g/mol. The van der Waals surface area contributed by atoms with Crippen LogP contribution < -0.4 is 0 Å². The summed E-state index contributed by atoms with van der Waals surface area (Å²) in [5.41, 5.74) is 2.58. The Kier molecular flexibility index (Phi) is 4.81. The van der Waals surface area contributed by atoms with E-state index in [1.165, 1.54) is 0 Å². The predicted octanol–water partition coefficient (Wildman–Crippen LogP) is 4.16. The van der Waals surface area contributed by atoms with Crippen molar-refractivity contribution in [2.45, 2.75) is 39.7 Å². The second kappa shape index (κ2) is 6.90. The molecule has 136 valence electrons. The van der Waals surface area contributed by atoms with E-state index in [1.807, 2.05) is 37.8 Å². The number of nitrogens with zero attached hydrogens (tertiary/aromatic N) is 2. The lowest BCUT2D eigenvalue weighted by molar-refractivity contribution is -0.140. The number of pyridine rings is 1. The molecule has 0 aliphatic carbocycles. The summed E-state index contributed by atoms with van der Waals surface area (Å²) in [6, 6.07) is 10.7. The van der Waals surface area contributed by atoms with Crippen LogP contribution in [0, 0.1) is 5.41 Å². The third-order valence-electron chi connectivity index (χ3n) is 4.75. The molecular formula is C21H24N2O3. The zero-order valence-corrected chi connectivity index (χ0v) is 15.4. The van der Waals surface area contributed by atoms with Gasteiger partial charge in [-0.1, -0.05) is 32.9 Å². The highest BCUT2D eigenvalue weighted by molar-refractivity contribution is 5.88. The van der Waals surface area contributed by atoms with Crippen molar-refractivity contribution in [3.8, 4) is 11.3 Å². The van der Waals surface area contributed by atoms with Crippen LogP contribution in [-0.4, -0.2) is 33.4 Å². The summed E-state index contributed by atoms with van der Waals surface area (Å²) in [7, 11) is 0. The van der Waals surface area contributed by atoms with Crippen molar-refractivity contribution in [3.05, 3.63) is 53.7 Å². The second-order valence-corrected chi connectivity index (χ2v) is 7.76. The van der Waals surface area contributed by atoms with Crippen molar-refractivity contribution < 1.29 is 14.7 Å². The maximum atomic E-state index is 12.8. The Hall–Kier alpha value is -2.69. The van der Waals surface area contributed by atoms with Crippen LogP contribution in [0.3, 0.4) is 0 Å². The third kappa shape index (κ3) is 3.62. The number of hydrogen-bond acceptors (Lipinski definition) is 3. The van der Waals surface area contributed by atoms with Gasteiger partial charge in [-0.2, -0.15) is 0 Å². The molecule has 2 aromatic rings. The van der Waals surface area contributed by atoms with E-state index in [-0.39, 0.29) is 17.5 Å². The zero-order chi connectivity index (χ0) is 18.9. The molecule has 0 bridgehead atoms. The van der Waals surface area contributed by atoms with Gasteiger partial charge in [0.1, 0.15) is 0 Å². The van der Waals surface area contributed by atoms with E-state index in [1.54, 1.807) is 30.5 Å². The molecule has 26 heavy (non-hydrogen) atoms. The van der Waals surface area contributed by atoms with E-state index in [0.29, 0.717) is 0 Å². The normalized spacial score (nSPS) is 17.3. The van der Waals surface area contributed by atoms with Crippen LogP contribution >= 0.6 is 0 Å². The van der Waals surface area contributed by atoms with Crippen LogP contribution in [0.1, 0.15) is 55.6 Å². The molecule has 1 unspecified atom stereocenters. The van der Waals surface area contributed by atoms with E-state index in [2.05, 4.69) is 4.98 Å². The molecular weight excluding hydrogens is 328 g/mol. The van der Waals surface area contributed by atoms with Crippen molar-refractivity contribution in [1.29, 1.82) is 0 Å². The van der Waals surface area contributed by atoms with Gasteiger partial charge in [-0.3, -0.25) is 9.78 Å². The first-order valence-electron chi connectivity index (χ1n) is 8.88. The van der Waals surface area contributed by atoms with Gasteiger partial charge in [0.05, 0.1) is 17.3 Å². The molecule has 2 heterocycles. The van der Waals surface area contributed by atoms with Crippen LogP contribution in [0.15, 0.2) is 42.6 Å². The van der Waals surface area contributed by atoms with Crippen molar-refractivity contribution in [3.63, 3.8) is 0 Å². The molecule has 5 heteroatoms. The number of aromatic carboxylic acids is 1. The number of carboxylic acid groups (broad SMARTS) is 1.